The highest BCUT2D eigenvalue weighted by Crippen LogP contribution is 2.42. The first-order valence-electron chi connectivity index (χ1n) is 12.3. The molecule has 1 heterocycles. The second-order valence-corrected chi connectivity index (χ2v) is 9.23. The number of rotatable bonds is 5. The lowest BCUT2D eigenvalue weighted by atomic mass is 9.83. The molecule has 6 rings (SSSR count). The SMILES string of the molecule is O=C(OCc1ccccc1)C1CCCc2[nH]c3cccc(-c4cccc(-c5ccccc5)c4)c3c21. The monoisotopic (exact) mass is 457 g/mol. The average Bonchev–Trinajstić information content (AvgIpc) is 3.32. The number of H-pyrrole nitrogens is 1. The van der Waals surface area contributed by atoms with Gasteiger partial charge in [0.1, 0.15) is 6.61 Å². The van der Waals surface area contributed by atoms with E-state index >= 15 is 0 Å². The lowest BCUT2D eigenvalue weighted by molar-refractivity contribution is -0.147. The zero-order valence-corrected chi connectivity index (χ0v) is 19.5. The van der Waals surface area contributed by atoms with Crippen LogP contribution in [-0.4, -0.2) is 11.0 Å². The van der Waals surface area contributed by atoms with E-state index in [2.05, 4.69) is 71.7 Å². The Labute approximate surface area is 205 Å². The van der Waals surface area contributed by atoms with Crippen LogP contribution in [0.3, 0.4) is 0 Å². The predicted molar refractivity (Wildman–Crippen MR) is 141 cm³/mol. The van der Waals surface area contributed by atoms with Gasteiger partial charge in [-0.15, -0.1) is 0 Å². The Bertz CT molecular complexity index is 1480. The van der Waals surface area contributed by atoms with E-state index in [0.29, 0.717) is 6.61 Å². The molecule has 1 aliphatic carbocycles. The van der Waals surface area contributed by atoms with Crippen molar-refractivity contribution in [2.45, 2.75) is 31.8 Å². The second kappa shape index (κ2) is 9.27. The van der Waals surface area contributed by atoms with Crippen LogP contribution >= 0.6 is 0 Å². The number of nitrogens with one attached hydrogen (secondary N) is 1. The van der Waals surface area contributed by atoms with Gasteiger partial charge in [0.15, 0.2) is 0 Å². The minimum Gasteiger partial charge on any atom is -0.460 e. The van der Waals surface area contributed by atoms with Crippen LogP contribution in [0.5, 0.6) is 0 Å². The largest absolute Gasteiger partial charge is 0.460 e. The van der Waals surface area contributed by atoms with Gasteiger partial charge in [-0.25, -0.2) is 0 Å². The van der Waals surface area contributed by atoms with Crippen LogP contribution in [0.25, 0.3) is 33.2 Å². The van der Waals surface area contributed by atoms with Crippen molar-refractivity contribution in [3.05, 3.63) is 120 Å². The fraction of sp³-hybridized carbons (Fsp3) is 0.156. The van der Waals surface area contributed by atoms with Crippen molar-refractivity contribution in [2.75, 3.05) is 0 Å². The van der Waals surface area contributed by atoms with E-state index < -0.39 is 0 Å². The summed E-state index contributed by atoms with van der Waals surface area (Å²) in [5, 5.41) is 1.15. The molecule has 0 saturated carbocycles. The quantitative estimate of drug-likeness (QED) is 0.275. The van der Waals surface area contributed by atoms with Crippen molar-refractivity contribution in [1.29, 1.82) is 0 Å². The zero-order valence-electron chi connectivity index (χ0n) is 19.5. The molecule has 3 nitrogen and oxygen atoms in total. The van der Waals surface area contributed by atoms with Gasteiger partial charge in [0, 0.05) is 16.6 Å². The third-order valence-electron chi connectivity index (χ3n) is 7.00. The Morgan fingerprint density at radius 2 is 1.51 bits per heavy atom. The van der Waals surface area contributed by atoms with Gasteiger partial charge in [0.2, 0.25) is 0 Å². The summed E-state index contributed by atoms with van der Waals surface area (Å²) in [7, 11) is 0. The summed E-state index contributed by atoms with van der Waals surface area (Å²) in [6.07, 6.45) is 2.74. The van der Waals surface area contributed by atoms with E-state index in [4.69, 9.17) is 4.74 Å². The Morgan fingerprint density at radius 3 is 2.34 bits per heavy atom. The number of esters is 1. The molecule has 4 aromatic carbocycles. The average molecular weight is 458 g/mol. The number of ether oxygens (including phenoxy) is 1. The minimum atomic E-state index is -0.255. The normalized spacial score (nSPS) is 15.0. The molecule has 0 saturated heterocycles. The minimum absolute atomic E-state index is 0.136. The van der Waals surface area contributed by atoms with Crippen molar-refractivity contribution in [3.63, 3.8) is 0 Å². The molecule has 35 heavy (non-hydrogen) atoms. The number of carbonyl (C=O) groups excluding carboxylic acids is 1. The highest BCUT2D eigenvalue weighted by molar-refractivity contribution is 6.02. The summed E-state index contributed by atoms with van der Waals surface area (Å²) in [6.45, 7) is 0.305. The summed E-state index contributed by atoms with van der Waals surface area (Å²) in [4.78, 5) is 16.9. The van der Waals surface area contributed by atoms with Crippen molar-refractivity contribution >= 4 is 16.9 Å². The Balaban J connectivity index is 1.40. The molecular weight excluding hydrogens is 430 g/mol. The standard InChI is InChI=1S/C32H27NO2/c34-32(35-21-22-10-3-1-4-11-22)27-17-9-19-29-31(27)30-26(16-8-18-28(30)33-29)25-15-7-14-24(20-25)23-12-5-2-6-13-23/h1-8,10-16,18,20,27,33H,9,17,19,21H2. The van der Waals surface area contributed by atoms with E-state index in [-0.39, 0.29) is 11.9 Å². The fourth-order valence-corrected chi connectivity index (χ4v) is 5.34. The molecule has 1 N–H and O–H groups in total. The maximum atomic E-state index is 13.3. The first kappa shape index (κ1) is 21.4. The summed E-state index contributed by atoms with van der Waals surface area (Å²) in [5.41, 5.74) is 9.06. The predicted octanol–water partition coefficient (Wildman–Crippen LogP) is 7.67. The maximum absolute atomic E-state index is 13.3. The van der Waals surface area contributed by atoms with E-state index in [0.717, 1.165) is 52.4 Å². The number of aromatic nitrogens is 1. The number of carbonyl (C=O) groups is 1. The fourth-order valence-electron chi connectivity index (χ4n) is 5.34. The van der Waals surface area contributed by atoms with Crippen molar-refractivity contribution in [1.82, 2.24) is 4.98 Å². The number of hydrogen-bond donors (Lipinski definition) is 1. The van der Waals surface area contributed by atoms with Crippen LogP contribution in [0.4, 0.5) is 0 Å². The molecule has 3 heteroatoms. The molecule has 5 aromatic rings. The van der Waals surface area contributed by atoms with Crippen LogP contribution in [0.15, 0.2) is 103 Å². The van der Waals surface area contributed by atoms with Gasteiger partial charge in [-0.05, 0) is 64.8 Å². The van der Waals surface area contributed by atoms with Gasteiger partial charge < -0.3 is 9.72 Å². The topological polar surface area (TPSA) is 42.1 Å². The number of benzene rings is 4. The Kier molecular flexibility index (Phi) is 5.67. The molecule has 0 aliphatic heterocycles. The van der Waals surface area contributed by atoms with E-state index in [1.54, 1.807) is 0 Å². The molecule has 0 spiro atoms. The van der Waals surface area contributed by atoms with Gasteiger partial charge in [-0.3, -0.25) is 4.79 Å². The van der Waals surface area contributed by atoms with E-state index in [1.165, 1.54) is 16.8 Å². The van der Waals surface area contributed by atoms with Crippen LogP contribution in [0.1, 0.15) is 35.6 Å². The highest BCUT2D eigenvalue weighted by Gasteiger charge is 2.32. The molecular formula is C32H27NO2. The van der Waals surface area contributed by atoms with Crippen LogP contribution < -0.4 is 0 Å². The summed E-state index contributed by atoms with van der Waals surface area (Å²) >= 11 is 0. The molecule has 1 unspecified atom stereocenters. The molecule has 0 amide bonds. The maximum Gasteiger partial charge on any atom is 0.313 e. The molecule has 0 fully saturated rings. The van der Waals surface area contributed by atoms with Crippen molar-refractivity contribution in [3.8, 4) is 22.3 Å². The Hall–Kier alpha value is -4.11. The molecule has 1 atom stereocenters. The molecule has 1 aliphatic rings. The van der Waals surface area contributed by atoms with Crippen molar-refractivity contribution in [2.24, 2.45) is 0 Å². The zero-order chi connectivity index (χ0) is 23.6. The summed E-state index contributed by atoms with van der Waals surface area (Å²) in [6, 6.07) is 35.4. The lowest BCUT2D eigenvalue weighted by Crippen LogP contribution is -2.20. The van der Waals surface area contributed by atoms with E-state index in [9.17, 15) is 4.79 Å². The number of aromatic amines is 1. The molecule has 1 aromatic heterocycles. The number of aryl methyl sites for hydroxylation is 1. The second-order valence-electron chi connectivity index (χ2n) is 9.23. The number of fused-ring (bicyclic) bond motifs is 3. The van der Waals surface area contributed by atoms with Gasteiger partial charge >= 0.3 is 5.97 Å². The summed E-state index contributed by atoms with van der Waals surface area (Å²) < 4.78 is 5.81. The molecule has 0 radical (unpaired) electrons. The molecule has 0 bridgehead atoms. The van der Waals surface area contributed by atoms with Crippen LogP contribution in [0, 0.1) is 0 Å². The van der Waals surface area contributed by atoms with Crippen LogP contribution in [-0.2, 0) is 22.6 Å². The van der Waals surface area contributed by atoms with Gasteiger partial charge in [0.05, 0.1) is 5.92 Å². The van der Waals surface area contributed by atoms with E-state index in [1.807, 2.05) is 36.4 Å². The van der Waals surface area contributed by atoms with Gasteiger partial charge in [0.25, 0.3) is 0 Å². The first-order valence-corrected chi connectivity index (χ1v) is 12.3. The first-order chi connectivity index (χ1) is 17.3. The van der Waals surface area contributed by atoms with Gasteiger partial charge in [-0.2, -0.15) is 0 Å². The molecule has 172 valence electrons. The number of hydrogen-bond acceptors (Lipinski definition) is 2. The summed E-state index contributed by atoms with van der Waals surface area (Å²) in [5.74, 6) is -0.391. The Morgan fingerprint density at radius 1 is 0.800 bits per heavy atom. The van der Waals surface area contributed by atoms with Gasteiger partial charge in [-0.1, -0.05) is 91.0 Å². The van der Waals surface area contributed by atoms with Crippen LogP contribution in [0.2, 0.25) is 0 Å². The van der Waals surface area contributed by atoms with Crippen molar-refractivity contribution < 1.29 is 9.53 Å². The third kappa shape index (κ3) is 4.15. The smallest absolute Gasteiger partial charge is 0.313 e. The third-order valence-corrected chi connectivity index (χ3v) is 7.00. The lowest BCUT2D eigenvalue weighted by Gasteiger charge is -2.22. The highest BCUT2D eigenvalue weighted by atomic mass is 16.5.